The Hall–Kier alpha value is -3.60. The summed E-state index contributed by atoms with van der Waals surface area (Å²) in [4.78, 5) is 23.8. The van der Waals surface area contributed by atoms with Gasteiger partial charge in [0.1, 0.15) is 5.75 Å². The van der Waals surface area contributed by atoms with Gasteiger partial charge in [0.25, 0.3) is 5.91 Å². The molecule has 0 spiro atoms. The predicted molar refractivity (Wildman–Crippen MR) is 119 cm³/mol. The molecule has 0 saturated heterocycles. The second-order valence-electron chi connectivity index (χ2n) is 6.93. The van der Waals surface area contributed by atoms with Gasteiger partial charge < -0.3 is 15.4 Å². The van der Waals surface area contributed by atoms with E-state index in [4.69, 9.17) is 4.74 Å². The number of amides is 2. The van der Waals surface area contributed by atoms with Crippen LogP contribution in [0, 0.1) is 0 Å². The summed E-state index contributed by atoms with van der Waals surface area (Å²) >= 11 is 0. The maximum Gasteiger partial charge on any atom is 0.255 e. The van der Waals surface area contributed by atoms with E-state index in [1.54, 1.807) is 19.2 Å². The third-order valence-corrected chi connectivity index (χ3v) is 4.75. The fourth-order valence-electron chi connectivity index (χ4n) is 2.97. The number of ether oxygens (including phenoxy) is 1. The summed E-state index contributed by atoms with van der Waals surface area (Å²) in [6.45, 7) is 0.585. The van der Waals surface area contributed by atoms with Gasteiger partial charge >= 0.3 is 0 Å². The highest BCUT2D eigenvalue weighted by molar-refractivity contribution is 6.04. The molecule has 0 aromatic heterocycles. The van der Waals surface area contributed by atoms with Gasteiger partial charge in [-0.25, -0.2) is 0 Å². The number of rotatable bonds is 9. The van der Waals surface area contributed by atoms with E-state index in [0.29, 0.717) is 30.7 Å². The Morgan fingerprint density at radius 2 is 1.47 bits per heavy atom. The molecular weight excluding hydrogens is 376 g/mol. The summed E-state index contributed by atoms with van der Waals surface area (Å²) in [5.41, 5.74) is 3.56. The molecule has 0 aliphatic rings. The molecule has 2 N–H and O–H groups in total. The molecule has 0 heterocycles. The molecule has 5 nitrogen and oxygen atoms in total. The molecule has 2 amide bonds. The lowest BCUT2D eigenvalue weighted by atomic mass is 10.1. The number of anilines is 1. The van der Waals surface area contributed by atoms with Crippen molar-refractivity contribution in [2.45, 2.75) is 19.3 Å². The normalized spacial score (nSPS) is 10.3. The van der Waals surface area contributed by atoms with Gasteiger partial charge in [0.15, 0.2) is 0 Å². The zero-order valence-electron chi connectivity index (χ0n) is 17.1. The minimum Gasteiger partial charge on any atom is -0.493 e. The van der Waals surface area contributed by atoms with E-state index in [2.05, 4.69) is 22.8 Å². The van der Waals surface area contributed by atoms with Gasteiger partial charge in [-0.2, -0.15) is 0 Å². The average molecular weight is 402 g/mol. The zero-order chi connectivity index (χ0) is 21.2. The van der Waals surface area contributed by atoms with Crippen LogP contribution in [0.1, 0.15) is 27.9 Å². The second-order valence-corrected chi connectivity index (χ2v) is 6.93. The van der Waals surface area contributed by atoms with Crippen LogP contribution in [0.4, 0.5) is 5.69 Å². The standard InChI is InChI=1S/C25H26N2O3/c1-26-24(28)16-9-20-7-12-22(13-8-20)27-25(29)21-10-14-23(15-11-21)30-18-17-19-5-3-2-4-6-19/h2-8,10-15H,9,16-18H2,1H3,(H,26,28)(H,27,29). The molecular formula is C25H26N2O3. The van der Waals surface area contributed by atoms with Crippen molar-refractivity contribution in [3.05, 3.63) is 95.6 Å². The molecule has 0 radical (unpaired) electrons. The van der Waals surface area contributed by atoms with Crippen LogP contribution < -0.4 is 15.4 Å². The zero-order valence-corrected chi connectivity index (χ0v) is 17.1. The molecule has 3 aromatic rings. The minimum atomic E-state index is -0.177. The van der Waals surface area contributed by atoms with E-state index in [9.17, 15) is 9.59 Å². The first-order chi connectivity index (χ1) is 14.6. The third-order valence-electron chi connectivity index (χ3n) is 4.75. The first-order valence-corrected chi connectivity index (χ1v) is 10.0. The Labute approximate surface area is 177 Å². The van der Waals surface area contributed by atoms with Crippen LogP contribution in [0.3, 0.4) is 0 Å². The fraction of sp³-hybridized carbons (Fsp3) is 0.200. The van der Waals surface area contributed by atoms with Gasteiger partial charge in [-0.1, -0.05) is 42.5 Å². The Bertz CT molecular complexity index is 952. The Kier molecular flexibility index (Phi) is 7.61. The van der Waals surface area contributed by atoms with Crippen molar-refractivity contribution in [3.63, 3.8) is 0 Å². The molecule has 0 aliphatic heterocycles. The van der Waals surface area contributed by atoms with Gasteiger partial charge in [-0.05, 0) is 53.9 Å². The minimum absolute atomic E-state index is 0.0138. The molecule has 0 bridgehead atoms. The molecule has 5 heteroatoms. The Morgan fingerprint density at radius 1 is 0.800 bits per heavy atom. The lowest BCUT2D eigenvalue weighted by Gasteiger charge is -2.09. The summed E-state index contributed by atoms with van der Waals surface area (Å²) in [6.07, 6.45) is 1.95. The summed E-state index contributed by atoms with van der Waals surface area (Å²) in [5, 5.41) is 5.50. The van der Waals surface area contributed by atoms with Crippen LogP contribution in [0.2, 0.25) is 0 Å². The molecule has 0 saturated carbocycles. The van der Waals surface area contributed by atoms with Crippen LogP contribution >= 0.6 is 0 Å². The SMILES string of the molecule is CNC(=O)CCc1ccc(NC(=O)c2ccc(OCCc3ccccc3)cc2)cc1. The maximum atomic E-state index is 12.5. The van der Waals surface area contributed by atoms with Crippen LogP contribution in [0.5, 0.6) is 5.75 Å². The molecule has 3 rings (SSSR count). The van der Waals surface area contributed by atoms with Crippen molar-refractivity contribution in [3.8, 4) is 5.75 Å². The summed E-state index contributed by atoms with van der Waals surface area (Å²) in [7, 11) is 1.63. The molecule has 0 unspecified atom stereocenters. The number of nitrogens with one attached hydrogen (secondary N) is 2. The van der Waals surface area contributed by atoms with E-state index in [0.717, 1.165) is 17.7 Å². The molecule has 0 atom stereocenters. The van der Waals surface area contributed by atoms with Gasteiger partial charge in [0.05, 0.1) is 6.61 Å². The van der Waals surface area contributed by atoms with Crippen molar-refractivity contribution in [1.82, 2.24) is 5.32 Å². The quantitative estimate of drug-likeness (QED) is 0.563. The maximum absolute atomic E-state index is 12.5. The van der Waals surface area contributed by atoms with Crippen LogP contribution in [-0.4, -0.2) is 25.5 Å². The number of benzene rings is 3. The van der Waals surface area contributed by atoms with Crippen molar-refractivity contribution in [1.29, 1.82) is 0 Å². The number of aryl methyl sites for hydroxylation is 1. The van der Waals surface area contributed by atoms with Gasteiger partial charge in [0, 0.05) is 31.1 Å². The number of carbonyl (C=O) groups excluding carboxylic acids is 2. The highest BCUT2D eigenvalue weighted by Gasteiger charge is 2.07. The van der Waals surface area contributed by atoms with Gasteiger partial charge in [0.2, 0.25) is 5.91 Å². The van der Waals surface area contributed by atoms with Crippen LogP contribution in [0.15, 0.2) is 78.9 Å². The van der Waals surface area contributed by atoms with Crippen molar-refractivity contribution in [2.24, 2.45) is 0 Å². The molecule has 3 aromatic carbocycles. The van der Waals surface area contributed by atoms with E-state index in [-0.39, 0.29) is 11.8 Å². The van der Waals surface area contributed by atoms with E-state index in [1.165, 1.54) is 5.56 Å². The summed E-state index contributed by atoms with van der Waals surface area (Å²) < 4.78 is 5.76. The van der Waals surface area contributed by atoms with E-state index in [1.807, 2.05) is 54.6 Å². The molecule has 30 heavy (non-hydrogen) atoms. The number of carbonyl (C=O) groups is 2. The van der Waals surface area contributed by atoms with E-state index >= 15 is 0 Å². The Morgan fingerprint density at radius 3 is 2.13 bits per heavy atom. The topological polar surface area (TPSA) is 67.4 Å². The highest BCUT2D eigenvalue weighted by Crippen LogP contribution is 2.16. The molecule has 0 aliphatic carbocycles. The van der Waals surface area contributed by atoms with Crippen molar-refractivity contribution >= 4 is 17.5 Å². The van der Waals surface area contributed by atoms with Crippen LogP contribution in [-0.2, 0) is 17.6 Å². The number of hydrogen-bond donors (Lipinski definition) is 2. The lowest BCUT2D eigenvalue weighted by molar-refractivity contribution is -0.120. The van der Waals surface area contributed by atoms with Crippen molar-refractivity contribution in [2.75, 3.05) is 19.0 Å². The Balaban J connectivity index is 1.47. The average Bonchev–Trinajstić information content (AvgIpc) is 2.79. The van der Waals surface area contributed by atoms with Gasteiger partial charge in [-0.3, -0.25) is 9.59 Å². The van der Waals surface area contributed by atoms with Crippen LogP contribution in [0.25, 0.3) is 0 Å². The molecule has 154 valence electrons. The monoisotopic (exact) mass is 402 g/mol. The summed E-state index contributed by atoms with van der Waals surface area (Å²) in [5.74, 6) is 0.576. The smallest absolute Gasteiger partial charge is 0.255 e. The fourth-order valence-corrected chi connectivity index (χ4v) is 2.97. The highest BCUT2D eigenvalue weighted by atomic mass is 16.5. The number of hydrogen-bond acceptors (Lipinski definition) is 3. The first kappa shape index (κ1) is 21.1. The third kappa shape index (κ3) is 6.48. The van der Waals surface area contributed by atoms with Gasteiger partial charge in [-0.15, -0.1) is 0 Å². The largest absolute Gasteiger partial charge is 0.493 e. The predicted octanol–water partition coefficient (Wildman–Crippen LogP) is 4.24. The first-order valence-electron chi connectivity index (χ1n) is 10.0. The molecule has 0 fully saturated rings. The summed E-state index contributed by atoms with van der Waals surface area (Å²) in [6, 6.07) is 24.8. The second kappa shape index (κ2) is 10.8. The van der Waals surface area contributed by atoms with Crippen molar-refractivity contribution < 1.29 is 14.3 Å². The lowest BCUT2D eigenvalue weighted by Crippen LogP contribution is -2.17. The van der Waals surface area contributed by atoms with E-state index < -0.39 is 0 Å².